The molecule has 1 fully saturated rings. The molecule has 0 N–H and O–H groups in total. The Balaban J connectivity index is 2.49. The lowest BCUT2D eigenvalue weighted by molar-refractivity contribution is -0.387. The topological polar surface area (TPSA) is 95.7 Å². The summed E-state index contributed by atoms with van der Waals surface area (Å²) >= 11 is 0. The predicted molar refractivity (Wildman–Crippen MR) is 67.3 cm³/mol. The predicted octanol–water partition coefficient (Wildman–Crippen LogP) is 2.09. The molecule has 9 heteroatoms. The second-order valence-corrected chi connectivity index (χ2v) is 4.82. The second kappa shape index (κ2) is 5.17. The maximum atomic E-state index is 13.6. The third-order valence-electron chi connectivity index (χ3n) is 2.68. The largest absolute Gasteiger partial charge is 0.419 e. The van der Waals surface area contributed by atoms with Gasteiger partial charge in [0.05, 0.1) is 4.92 Å². The van der Waals surface area contributed by atoms with Gasteiger partial charge in [0, 0.05) is 31.5 Å². The number of carbonyl (C=O) groups excluding carboxylic acids is 2. The van der Waals surface area contributed by atoms with E-state index in [4.69, 9.17) is 9.47 Å². The number of esters is 2. The molecule has 0 atom stereocenters. The van der Waals surface area contributed by atoms with Gasteiger partial charge in [-0.15, -0.1) is 0 Å². The Labute approximate surface area is 122 Å². The average Bonchev–Trinajstić information content (AvgIpc) is 2.34. The zero-order valence-corrected chi connectivity index (χ0v) is 11.4. The molecule has 22 heavy (non-hydrogen) atoms. The van der Waals surface area contributed by atoms with Crippen molar-refractivity contribution in [3.8, 4) is 0 Å². The first-order valence-electron chi connectivity index (χ1n) is 5.92. The lowest BCUT2D eigenvalue weighted by Gasteiger charge is -2.29. The Hall–Kier alpha value is -2.84. The average molecular weight is 313 g/mol. The van der Waals surface area contributed by atoms with Crippen LogP contribution < -0.4 is 0 Å². The molecule has 0 aliphatic carbocycles. The first-order valence-corrected chi connectivity index (χ1v) is 5.92. The summed E-state index contributed by atoms with van der Waals surface area (Å²) < 4.78 is 36.5. The molecule has 1 aromatic rings. The van der Waals surface area contributed by atoms with E-state index in [2.05, 4.69) is 0 Å². The highest BCUT2D eigenvalue weighted by Gasteiger charge is 2.39. The van der Waals surface area contributed by atoms with Gasteiger partial charge in [-0.1, -0.05) is 0 Å². The molecule has 0 amide bonds. The van der Waals surface area contributed by atoms with Crippen molar-refractivity contribution < 1.29 is 32.8 Å². The fourth-order valence-electron chi connectivity index (χ4n) is 1.74. The van der Waals surface area contributed by atoms with Gasteiger partial charge in [0.2, 0.25) is 5.82 Å². The van der Waals surface area contributed by atoms with Crippen LogP contribution in [0.5, 0.6) is 0 Å². The minimum absolute atomic E-state index is 0.286. The Morgan fingerprint density at radius 1 is 1.14 bits per heavy atom. The molecule has 116 valence electrons. The molecular formula is C13H9F2NO6. The van der Waals surface area contributed by atoms with E-state index in [-0.39, 0.29) is 6.07 Å². The minimum atomic E-state index is -1.47. The number of cyclic esters (lactones) is 2. The summed E-state index contributed by atoms with van der Waals surface area (Å²) in [5, 5.41) is 10.6. The highest BCUT2D eigenvalue weighted by molar-refractivity contribution is 6.18. The number of carbonyl (C=O) groups is 2. The third kappa shape index (κ3) is 2.92. The summed E-state index contributed by atoms with van der Waals surface area (Å²) in [5.41, 5.74) is -2.16. The molecule has 2 rings (SSSR count). The zero-order chi connectivity index (χ0) is 16.7. The molecule has 1 aromatic carbocycles. The lowest BCUT2D eigenvalue weighted by atomic mass is 10.1. The monoisotopic (exact) mass is 313 g/mol. The summed E-state index contributed by atoms with van der Waals surface area (Å²) in [5.74, 6) is -6.18. The van der Waals surface area contributed by atoms with Crippen LogP contribution >= 0.6 is 0 Å². The molecule has 7 nitrogen and oxygen atoms in total. The van der Waals surface area contributed by atoms with Gasteiger partial charge >= 0.3 is 17.6 Å². The number of ether oxygens (including phenoxy) is 2. The van der Waals surface area contributed by atoms with Crippen molar-refractivity contribution in [2.24, 2.45) is 0 Å². The van der Waals surface area contributed by atoms with Gasteiger partial charge in [0.15, 0.2) is 0 Å². The Kier molecular flexibility index (Phi) is 3.65. The van der Waals surface area contributed by atoms with Gasteiger partial charge in [-0.05, 0) is 6.08 Å². The van der Waals surface area contributed by atoms with Crippen LogP contribution in [-0.2, 0) is 19.1 Å². The van der Waals surface area contributed by atoms with E-state index in [0.717, 1.165) is 0 Å². The third-order valence-corrected chi connectivity index (χ3v) is 2.68. The highest BCUT2D eigenvalue weighted by atomic mass is 19.1. The van der Waals surface area contributed by atoms with Gasteiger partial charge < -0.3 is 9.47 Å². The van der Waals surface area contributed by atoms with E-state index in [9.17, 15) is 28.5 Å². The van der Waals surface area contributed by atoms with Crippen molar-refractivity contribution in [1.29, 1.82) is 0 Å². The molecule has 0 unspecified atom stereocenters. The van der Waals surface area contributed by atoms with E-state index in [1.54, 1.807) is 0 Å². The summed E-state index contributed by atoms with van der Waals surface area (Å²) in [6, 6.07) is 0.853. The lowest BCUT2D eigenvalue weighted by Crippen LogP contribution is -2.41. The zero-order valence-electron chi connectivity index (χ0n) is 11.4. The van der Waals surface area contributed by atoms with Crippen LogP contribution in [0.4, 0.5) is 14.5 Å². The first-order chi connectivity index (χ1) is 10.1. The van der Waals surface area contributed by atoms with Gasteiger partial charge in [-0.25, -0.2) is 14.0 Å². The molecule has 0 spiro atoms. The smallest absolute Gasteiger partial charge is 0.348 e. The SMILES string of the molecule is CC1(C)OC(=O)C(=Cc2cc([N+](=O)[O-])c(F)cc2F)C(=O)O1. The molecule has 0 saturated carbocycles. The Morgan fingerprint density at radius 3 is 2.18 bits per heavy atom. The normalized spacial score (nSPS) is 16.8. The van der Waals surface area contributed by atoms with E-state index < -0.39 is 51.1 Å². The molecule has 0 bridgehead atoms. The van der Waals surface area contributed by atoms with Crippen LogP contribution in [0.3, 0.4) is 0 Å². The fraction of sp³-hybridized carbons (Fsp3) is 0.231. The van der Waals surface area contributed by atoms with E-state index in [1.807, 2.05) is 0 Å². The molecule has 0 aromatic heterocycles. The summed E-state index contributed by atoms with van der Waals surface area (Å²) in [6.07, 6.45) is 0.710. The first kappa shape index (κ1) is 15.5. The van der Waals surface area contributed by atoms with Gasteiger partial charge in [-0.3, -0.25) is 10.1 Å². The number of hydrogen-bond acceptors (Lipinski definition) is 6. The van der Waals surface area contributed by atoms with Crippen LogP contribution in [-0.4, -0.2) is 22.6 Å². The molecular weight excluding hydrogens is 304 g/mol. The van der Waals surface area contributed by atoms with E-state index in [1.165, 1.54) is 13.8 Å². The number of rotatable bonds is 2. The summed E-state index contributed by atoms with van der Waals surface area (Å²) in [7, 11) is 0. The number of nitro benzene ring substituents is 1. The van der Waals surface area contributed by atoms with Crippen molar-refractivity contribution in [1.82, 2.24) is 0 Å². The van der Waals surface area contributed by atoms with Gasteiger partial charge in [-0.2, -0.15) is 4.39 Å². The van der Waals surface area contributed by atoms with Crippen LogP contribution in [0.25, 0.3) is 6.08 Å². The molecule has 1 aliphatic heterocycles. The molecule has 1 aliphatic rings. The van der Waals surface area contributed by atoms with Crippen molar-refractivity contribution in [2.75, 3.05) is 0 Å². The highest BCUT2D eigenvalue weighted by Crippen LogP contribution is 2.27. The van der Waals surface area contributed by atoms with Crippen LogP contribution in [0, 0.1) is 21.7 Å². The second-order valence-electron chi connectivity index (χ2n) is 4.82. The standard InChI is InChI=1S/C13H9F2NO6/c1-13(2)21-11(17)7(12(18)22-13)3-6-4-10(16(19)20)9(15)5-8(6)14/h3-5H,1-2H3. The van der Waals surface area contributed by atoms with Crippen molar-refractivity contribution >= 4 is 23.7 Å². The van der Waals surface area contributed by atoms with Crippen molar-refractivity contribution in [3.63, 3.8) is 0 Å². The van der Waals surface area contributed by atoms with Crippen LogP contribution in [0.2, 0.25) is 0 Å². The fourth-order valence-corrected chi connectivity index (χ4v) is 1.74. The minimum Gasteiger partial charge on any atom is -0.419 e. The quantitative estimate of drug-likeness (QED) is 0.273. The number of halogens is 2. The van der Waals surface area contributed by atoms with Crippen LogP contribution in [0.15, 0.2) is 17.7 Å². The maximum absolute atomic E-state index is 13.6. The number of nitrogens with zero attached hydrogens (tertiary/aromatic N) is 1. The van der Waals surface area contributed by atoms with Crippen molar-refractivity contribution in [2.45, 2.75) is 19.6 Å². The molecule has 1 saturated heterocycles. The van der Waals surface area contributed by atoms with E-state index in [0.29, 0.717) is 12.1 Å². The molecule has 1 heterocycles. The maximum Gasteiger partial charge on any atom is 0.348 e. The number of benzene rings is 1. The number of nitro groups is 1. The van der Waals surface area contributed by atoms with E-state index >= 15 is 0 Å². The van der Waals surface area contributed by atoms with Crippen LogP contribution in [0.1, 0.15) is 19.4 Å². The van der Waals surface area contributed by atoms with Crippen molar-refractivity contribution in [3.05, 3.63) is 45.0 Å². The number of hydrogen-bond donors (Lipinski definition) is 0. The Morgan fingerprint density at radius 2 is 1.68 bits per heavy atom. The Bertz CT molecular complexity index is 703. The van der Waals surface area contributed by atoms with Gasteiger partial charge in [0.25, 0.3) is 5.79 Å². The summed E-state index contributed by atoms with van der Waals surface area (Å²) in [6.45, 7) is 2.64. The van der Waals surface area contributed by atoms with Gasteiger partial charge in [0.1, 0.15) is 11.4 Å². The summed E-state index contributed by atoms with van der Waals surface area (Å²) in [4.78, 5) is 33.0. The molecule has 0 radical (unpaired) electrons.